The molecule has 33 heavy (non-hydrogen) atoms. The van der Waals surface area contributed by atoms with E-state index in [0.717, 1.165) is 40.8 Å². The number of benzene rings is 1. The van der Waals surface area contributed by atoms with Crippen LogP contribution in [0.4, 0.5) is 0 Å². The first-order valence-corrected chi connectivity index (χ1v) is 12.5. The van der Waals surface area contributed by atoms with Crippen molar-refractivity contribution in [3.05, 3.63) is 66.0 Å². The Morgan fingerprint density at radius 2 is 2.06 bits per heavy atom. The number of hydrogen-bond acceptors (Lipinski definition) is 5. The molecule has 1 fully saturated rings. The van der Waals surface area contributed by atoms with Crippen molar-refractivity contribution in [3.63, 3.8) is 0 Å². The lowest BCUT2D eigenvalue weighted by Gasteiger charge is -2.15. The number of aryl methyl sites for hydroxylation is 3. The van der Waals surface area contributed by atoms with E-state index in [9.17, 15) is 13.2 Å². The maximum Gasteiger partial charge on any atom is 0.257 e. The number of carbonyl (C=O) groups excluding carboxylic acids is 1. The number of aromatic nitrogens is 3. The monoisotopic (exact) mass is 467 g/mol. The molecule has 0 saturated heterocycles. The number of rotatable bonds is 9. The fourth-order valence-electron chi connectivity index (χ4n) is 3.91. The van der Waals surface area contributed by atoms with Crippen molar-refractivity contribution in [3.8, 4) is 5.82 Å². The van der Waals surface area contributed by atoms with Crippen LogP contribution < -0.4 is 10.0 Å². The Kier molecular flexibility index (Phi) is 6.27. The maximum atomic E-state index is 12.6. The van der Waals surface area contributed by atoms with Crippen LogP contribution in [0, 0.1) is 19.8 Å². The molecule has 1 unspecified atom stereocenters. The lowest BCUT2D eigenvalue weighted by atomic mass is 10.2. The standard InChI is InChI=1S/C24H29N5O3S/c1-5-23(25-15-18-7-8-18)33(31,32)27-22(30)11-9-20-17(3)26-28(4)24(20)29-13-12-19-14-16(2)6-10-21(19)29/h5-6,9-14,18,23,25H,1,7-8,15H2,2-4H3,(H,27,30)/b11-9+. The Hall–Kier alpha value is -3.17. The highest BCUT2D eigenvalue weighted by atomic mass is 32.2. The highest BCUT2D eigenvalue weighted by molar-refractivity contribution is 7.90. The number of nitrogens with one attached hydrogen (secondary N) is 2. The summed E-state index contributed by atoms with van der Waals surface area (Å²) in [6.45, 7) is 8.07. The Morgan fingerprint density at radius 3 is 2.76 bits per heavy atom. The van der Waals surface area contributed by atoms with Crippen molar-refractivity contribution in [1.82, 2.24) is 24.4 Å². The molecule has 9 heteroatoms. The van der Waals surface area contributed by atoms with Crippen LogP contribution in [0.25, 0.3) is 22.8 Å². The van der Waals surface area contributed by atoms with E-state index in [0.29, 0.717) is 12.5 Å². The number of fused-ring (bicyclic) bond motifs is 1. The van der Waals surface area contributed by atoms with Gasteiger partial charge in [-0.2, -0.15) is 5.10 Å². The molecule has 0 spiro atoms. The van der Waals surface area contributed by atoms with E-state index in [2.05, 4.69) is 27.8 Å². The molecule has 0 bridgehead atoms. The number of nitrogens with zero attached hydrogens (tertiary/aromatic N) is 3. The van der Waals surface area contributed by atoms with Crippen LogP contribution in [0.3, 0.4) is 0 Å². The zero-order valence-corrected chi connectivity index (χ0v) is 19.9. The van der Waals surface area contributed by atoms with E-state index >= 15 is 0 Å². The Labute approximate surface area is 194 Å². The molecule has 1 amide bonds. The van der Waals surface area contributed by atoms with Crippen LogP contribution >= 0.6 is 0 Å². The summed E-state index contributed by atoms with van der Waals surface area (Å²) in [6, 6.07) is 8.23. The van der Waals surface area contributed by atoms with Gasteiger partial charge in [-0.25, -0.2) is 13.1 Å². The summed E-state index contributed by atoms with van der Waals surface area (Å²) in [6.07, 6.45) is 8.27. The quantitative estimate of drug-likeness (QED) is 0.372. The number of hydrogen-bond donors (Lipinski definition) is 2. The van der Waals surface area contributed by atoms with Crippen molar-refractivity contribution in [2.45, 2.75) is 32.1 Å². The van der Waals surface area contributed by atoms with Gasteiger partial charge in [0.2, 0.25) is 0 Å². The highest BCUT2D eigenvalue weighted by Gasteiger charge is 2.27. The van der Waals surface area contributed by atoms with Gasteiger partial charge in [0, 0.05) is 30.3 Å². The summed E-state index contributed by atoms with van der Waals surface area (Å²) in [4.78, 5) is 12.5. The molecule has 1 saturated carbocycles. The lowest BCUT2D eigenvalue weighted by molar-refractivity contribution is -0.114. The minimum absolute atomic E-state index is 0.499. The predicted molar refractivity (Wildman–Crippen MR) is 130 cm³/mol. The van der Waals surface area contributed by atoms with E-state index in [1.807, 2.05) is 49.9 Å². The zero-order valence-electron chi connectivity index (χ0n) is 19.1. The third-order valence-corrected chi connectivity index (χ3v) is 7.32. The van der Waals surface area contributed by atoms with E-state index in [1.54, 1.807) is 10.8 Å². The van der Waals surface area contributed by atoms with Crippen molar-refractivity contribution in [2.24, 2.45) is 13.0 Å². The van der Waals surface area contributed by atoms with E-state index in [1.165, 1.54) is 17.7 Å². The summed E-state index contributed by atoms with van der Waals surface area (Å²) in [5.41, 5.74) is 3.64. The fraction of sp³-hybridized carbons (Fsp3) is 0.333. The average Bonchev–Trinajstić information content (AvgIpc) is 3.41. The molecule has 1 atom stereocenters. The predicted octanol–water partition coefficient (Wildman–Crippen LogP) is 2.95. The highest BCUT2D eigenvalue weighted by Crippen LogP contribution is 2.28. The molecule has 8 nitrogen and oxygen atoms in total. The summed E-state index contributed by atoms with van der Waals surface area (Å²) in [5.74, 6) is 0.560. The van der Waals surface area contributed by atoms with Gasteiger partial charge in [-0.15, -0.1) is 6.58 Å². The van der Waals surface area contributed by atoms with Crippen molar-refractivity contribution < 1.29 is 13.2 Å². The molecule has 0 radical (unpaired) electrons. The Bertz CT molecular complexity index is 1350. The van der Waals surface area contributed by atoms with Crippen LogP contribution in [0.2, 0.25) is 0 Å². The fourth-order valence-corrected chi connectivity index (χ4v) is 4.96. The zero-order chi connectivity index (χ0) is 23.8. The van der Waals surface area contributed by atoms with Crippen molar-refractivity contribution >= 4 is 32.9 Å². The van der Waals surface area contributed by atoms with Crippen LogP contribution in [-0.2, 0) is 21.9 Å². The molecule has 1 aliphatic rings. The van der Waals surface area contributed by atoms with Crippen LogP contribution in [0.5, 0.6) is 0 Å². The number of amides is 1. The van der Waals surface area contributed by atoms with Gasteiger partial charge < -0.3 is 4.57 Å². The average molecular weight is 468 g/mol. The second-order valence-corrected chi connectivity index (χ2v) is 10.3. The van der Waals surface area contributed by atoms with E-state index in [4.69, 9.17) is 0 Å². The number of sulfonamides is 1. The molecule has 2 aromatic heterocycles. The lowest BCUT2D eigenvalue weighted by Crippen LogP contribution is -2.44. The minimum Gasteiger partial charge on any atom is -0.301 e. The minimum atomic E-state index is -3.94. The van der Waals surface area contributed by atoms with Gasteiger partial charge in [0.05, 0.1) is 11.2 Å². The number of carbonyl (C=O) groups is 1. The maximum absolute atomic E-state index is 12.6. The second-order valence-electron chi connectivity index (χ2n) is 8.55. The molecule has 174 valence electrons. The van der Waals surface area contributed by atoms with Gasteiger partial charge in [0.25, 0.3) is 15.9 Å². The molecule has 1 aromatic carbocycles. The normalized spacial score (nSPS) is 15.2. The van der Waals surface area contributed by atoms with E-state index in [-0.39, 0.29) is 0 Å². The first kappa shape index (κ1) is 23.0. The summed E-state index contributed by atoms with van der Waals surface area (Å²) in [7, 11) is -2.10. The molecule has 3 aromatic rings. The molecule has 4 rings (SSSR count). The first-order chi connectivity index (χ1) is 15.7. The van der Waals surface area contributed by atoms with Gasteiger partial charge in [-0.05, 0) is 63.4 Å². The second kappa shape index (κ2) is 8.99. The van der Waals surface area contributed by atoms with Crippen LogP contribution in [0.1, 0.15) is 29.7 Å². The SMILES string of the molecule is C=CC(NCC1CC1)S(=O)(=O)NC(=O)/C=C/c1c(C)nn(C)c1-n1ccc2cc(C)ccc21. The molecular formula is C24H29N5O3S. The van der Waals surface area contributed by atoms with Crippen molar-refractivity contribution in [2.75, 3.05) is 6.54 Å². The summed E-state index contributed by atoms with van der Waals surface area (Å²) in [5, 5.41) is 7.53. The molecule has 2 N–H and O–H groups in total. The molecular weight excluding hydrogens is 438 g/mol. The summed E-state index contributed by atoms with van der Waals surface area (Å²) >= 11 is 0. The van der Waals surface area contributed by atoms with Gasteiger partial charge in [0.15, 0.2) is 0 Å². The Balaban J connectivity index is 1.57. The Morgan fingerprint density at radius 1 is 1.30 bits per heavy atom. The van der Waals surface area contributed by atoms with Crippen molar-refractivity contribution in [1.29, 1.82) is 0 Å². The van der Waals surface area contributed by atoms with Gasteiger partial charge in [-0.3, -0.25) is 14.8 Å². The van der Waals surface area contributed by atoms with Gasteiger partial charge >= 0.3 is 0 Å². The van der Waals surface area contributed by atoms with Gasteiger partial charge in [0.1, 0.15) is 11.2 Å². The van der Waals surface area contributed by atoms with E-state index < -0.39 is 21.3 Å². The smallest absolute Gasteiger partial charge is 0.257 e. The third kappa shape index (κ3) is 4.94. The van der Waals surface area contributed by atoms with Gasteiger partial charge in [-0.1, -0.05) is 17.7 Å². The largest absolute Gasteiger partial charge is 0.301 e. The third-order valence-electron chi connectivity index (χ3n) is 5.81. The first-order valence-electron chi connectivity index (χ1n) is 10.9. The topological polar surface area (TPSA) is 98.0 Å². The van der Waals surface area contributed by atoms with Crippen LogP contribution in [-0.4, -0.2) is 40.6 Å². The molecule has 2 heterocycles. The van der Waals surface area contributed by atoms with Crippen LogP contribution in [0.15, 0.2) is 49.2 Å². The summed E-state index contributed by atoms with van der Waals surface area (Å²) < 4.78 is 31.1. The molecule has 0 aliphatic heterocycles. The molecule has 1 aliphatic carbocycles.